The summed E-state index contributed by atoms with van der Waals surface area (Å²) in [6.45, 7) is 6.10. The lowest BCUT2D eigenvalue weighted by Gasteiger charge is -2.21. The first-order valence-electron chi connectivity index (χ1n) is 9.10. The van der Waals surface area contributed by atoms with Crippen molar-refractivity contribution in [3.8, 4) is 0 Å². The lowest BCUT2D eigenvalue weighted by molar-refractivity contribution is 0.0526. The molecule has 1 N–H and O–H groups in total. The molecule has 0 unspecified atom stereocenters. The van der Waals surface area contributed by atoms with Crippen molar-refractivity contribution in [3.05, 3.63) is 30.0 Å². The SMILES string of the molecule is C=NC(COC1CCCCC1)=N/C=C(\C)c1ccc2nc(NC)sc2c1. The summed E-state index contributed by atoms with van der Waals surface area (Å²) < 4.78 is 7.10. The number of rotatable bonds is 6. The average molecular weight is 371 g/mol. The van der Waals surface area contributed by atoms with Gasteiger partial charge in [-0.1, -0.05) is 36.7 Å². The van der Waals surface area contributed by atoms with E-state index in [1.165, 1.54) is 19.3 Å². The van der Waals surface area contributed by atoms with Crippen LogP contribution in [0.5, 0.6) is 0 Å². The van der Waals surface area contributed by atoms with Gasteiger partial charge in [0, 0.05) is 13.2 Å². The van der Waals surface area contributed by atoms with Crippen LogP contribution in [0.1, 0.15) is 44.6 Å². The molecule has 3 rings (SSSR count). The number of anilines is 1. The van der Waals surface area contributed by atoms with Crippen LogP contribution in [0.2, 0.25) is 0 Å². The Bertz CT molecular complexity index is 818. The van der Waals surface area contributed by atoms with Crippen molar-refractivity contribution < 1.29 is 4.74 Å². The van der Waals surface area contributed by atoms with E-state index in [1.54, 1.807) is 11.3 Å². The standard InChI is InChI=1S/C20H26N4OS/c1-14(15-9-10-17-18(11-15)26-20(22-3)24-17)12-23-19(21-2)13-25-16-7-5-4-6-8-16/h9-12,16H,2,4-8,13H2,1,3H3,(H,22,24)/b14-12+,23-19?. The van der Waals surface area contributed by atoms with E-state index in [0.717, 1.165) is 39.3 Å². The molecule has 2 aromatic rings. The second-order valence-electron chi connectivity index (χ2n) is 6.54. The maximum absolute atomic E-state index is 5.94. The third-order valence-corrected chi connectivity index (χ3v) is 5.68. The van der Waals surface area contributed by atoms with Gasteiger partial charge in [-0.25, -0.2) is 15.0 Å². The van der Waals surface area contributed by atoms with E-state index < -0.39 is 0 Å². The fraction of sp³-hybridized carbons (Fsp3) is 0.450. The van der Waals surface area contributed by atoms with Crippen LogP contribution < -0.4 is 5.32 Å². The van der Waals surface area contributed by atoms with Crippen LogP contribution in [0.3, 0.4) is 0 Å². The normalized spacial score (nSPS) is 16.8. The summed E-state index contributed by atoms with van der Waals surface area (Å²) in [7, 11) is 1.89. The monoisotopic (exact) mass is 370 g/mol. The molecule has 0 bridgehead atoms. The van der Waals surface area contributed by atoms with E-state index in [0.29, 0.717) is 18.5 Å². The van der Waals surface area contributed by atoms with Gasteiger partial charge in [-0.15, -0.1) is 0 Å². The van der Waals surface area contributed by atoms with Gasteiger partial charge in [0.25, 0.3) is 0 Å². The number of nitrogens with one attached hydrogen (secondary N) is 1. The number of amidine groups is 1. The molecule has 1 aliphatic rings. The van der Waals surface area contributed by atoms with Gasteiger partial charge in [0.15, 0.2) is 11.0 Å². The quantitative estimate of drug-likeness (QED) is 0.565. The summed E-state index contributed by atoms with van der Waals surface area (Å²) >= 11 is 1.65. The molecule has 0 saturated heterocycles. The summed E-state index contributed by atoms with van der Waals surface area (Å²) in [6.07, 6.45) is 8.31. The molecular weight excluding hydrogens is 344 g/mol. The summed E-state index contributed by atoms with van der Waals surface area (Å²) in [5, 5.41) is 4.02. The van der Waals surface area contributed by atoms with E-state index in [-0.39, 0.29) is 0 Å². The Morgan fingerprint density at radius 1 is 1.38 bits per heavy atom. The molecule has 1 fully saturated rings. The zero-order valence-electron chi connectivity index (χ0n) is 15.5. The number of thiazole rings is 1. The van der Waals surface area contributed by atoms with Crippen molar-refractivity contribution in [2.24, 2.45) is 9.98 Å². The molecule has 1 aliphatic carbocycles. The van der Waals surface area contributed by atoms with E-state index in [2.05, 4.69) is 39.1 Å². The predicted molar refractivity (Wildman–Crippen MR) is 113 cm³/mol. The highest BCUT2D eigenvalue weighted by molar-refractivity contribution is 7.22. The van der Waals surface area contributed by atoms with Gasteiger partial charge in [-0.05, 0) is 49.8 Å². The Morgan fingerprint density at radius 2 is 2.19 bits per heavy atom. The van der Waals surface area contributed by atoms with Gasteiger partial charge in [0.1, 0.15) is 6.61 Å². The molecule has 138 valence electrons. The van der Waals surface area contributed by atoms with Crippen molar-refractivity contribution in [2.75, 3.05) is 19.0 Å². The number of ether oxygens (including phenoxy) is 1. The summed E-state index contributed by atoms with van der Waals surface area (Å²) in [5.74, 6) is 0.631. The molecule has 5 nitrogen and oxygen atoms in total. The van der Waals surface area contributed by atoms with Crippen molar-refractivity contribution in [1.29, 1.82) is 0 Å². The Hall–Kier alpha value is -2.05. The predicted octanol–water partition coefficient (Wildman–Crippen LogP) is 5.15. The second-order valence-corrected chi connectivity index (χ2v) is 7.57. The number of allylic oxidation sites excluding steroid dienone is 1. The number of aliphatic imine (C=N–C) groups is 2. The molecular formula is C20H26N4OS. The largest absolute Gasteiger partial charge is 0.370 e. The van der Waals surface area contributed by atoms with Gasteiger partial charge in [0.2, 0.25) is 0 Å². The third kappa shape index (κ3) is 4.77. The minimum absolute atomic E-state index is 0.343. The maximum Gasteiger partial charge on any atom is 0.183 e. The number of fused-ring (bicyclic) bond motifs is 1. The molecule has 6 heteroatoms. The highest BCUT2D eigenvalue weighted by atomic mass is 32.1. The molecule has 0 spiro atoms. The molecule has 1 saturated carbocycles. The Balaban J connectivity index is 1.68. The summed E-state index contributed by atoms with van der Waals surface area (Å²) in [5.41, 5.74) is 3.21. The number of benzene rings is 1. The van der Waals surface area contributed by atoms with Gasteiger partial charge in [-0.3, -0.25) is 0 Å². The van der Waals surface area contributed by atoms with Crippen molar-refractivity contribution in [3.63, 3.8) is 0 Å². The first-order valence-corrected chi connectivity index (χ1v) is 9.91. The van der Waals surface area contributed by atoms with Crippen LogP contribution in [-0.4, -0.2) is 37.3 Å². The van der Waals surface area contributed by atoms with Crippen molar-refractivity contribution in [2.45, 2.75) is 45.1 Å². The number of hydrogen-bond donors (Lipinski definition) is 1. The summed E-state index contributed by atoms with van der Waals surface area (Å²) in [4.78, 5) is 13.0. The zero-order chi connectivity index (χ0) is 18.4. The van der Waals surface area contributed by atoms with Crippen LogP contribution >= 0.6 is 11.3 Å². The van der Waals surface area contributed by atoms with Crippen LogP contribution in [0, 0.1) is 0 Å². The number of nitrogens with zero attached hydrogens (tertiary/aromatic N) is 3. The van der Waals surface area contributed by atoms with Gasteiger partial charge >= 0.3 is 0 Å². The minimum Gasteiger partial charge on any atom is -0.370 e. The van der Waals surface area contributed by atoms with Crippen molar-refractivity contribution >= 4 is 44.8 Å². The van der Waals surface area contributed by atoms with Crippen LogP contribution in [0.4, 0.5) is 5.13 Å². The van der Waals surface area contributed by atoms with E-state index in [4.69, 9.17) is 4.74 Å². The fourth-order valence-corrected chi connectivity index (χ4v) is 3.93. The van der Waals surface area contributed by atoms with E-state index in [9.17, 15) is 0 Å². The molecule has 26 heavy (non-hydrogen) atoms. The molecule has 0 aliphatic heterocycles. The molecule has 0 amide bonds. The second kappa shape index (κ2) is 9.05. The Labute approximate surface area is 158 Å². The highest BCUT2D eigenvalue weighted by Gasteiger charge is 2.14. The first-order chi connectivity index (χ1) is 12.7. The van der Waals surface area contributed by atoms with E-state index >= 15 is 0 Å². The Kier molecular flexibility index (Phi) is 6.52. The summed E-state index contributed by atoms with van der Waals surface area (Å²) in [6, 6.07) is 6.26. The van der Waals surface area contributed by atoms with Crippen LogP contribution in [0.15, 0.2) is 34.4 Å². The molecule has 0 radical (unpaired) electrons. The van der Waals surface area contributed by atoms with Gasteiger partial charge in [0.05, 0.1) is 16.3 Å². The Morgan fingerprint density at radius 3 is 2.92 bits per heavy atom. The van der Waals surface area contributed by atoms with Gasteiger partial charge < -0.3 is 10.1 Å². The molecule has 0 atom stereocenters. The lowest BCUT2D eigenvalue weighted by Crippen LogP contribution is -2.20. The molecule has 1 heterocycles. The van der Waals surface area contributed by atoms with E-state index in [1.807, 2.05) is 26.2 Å². The van der Waals surface area contributed by atoms with Crippen LogP contribution in [-0.2, 0) is 4.74 Å². The molecule has 1 aromatic carbocycles. The average Bonchev–Trinajstić information content (AvgIpc) is 3.11. The molecule has 1 aromatic heterocycles. The lowest BCUT2D eigenvalue weighted by atomic mass is 9.98. The van der Waals surface area contributed by atoms with Crippen molar-refractivity contribution in [1.82, 2.24) is 4.98 Å². The number of aromatic nitrogens is 1. The minimum atomic E-state index is 0.343. The first kappa shape index (κ1) is 18.7. The maximum atomic E-state index is 5.94. The topological polar surface area (TPSA) is 58.9 Å². The third-order valence-electron chi connectivity index (χ3n) is 4.65. The highest BCUT2D eigenvalue weighted by Crippen LogP contribution is 2.28. The van der Waals surface area contributed by atoms with Gasteiger partial charge in [-0.2, -0.15) is 0 Å². The number of hydrogen-bond acceptors (Lipinski definition) is 5. The smallest absolute Gasteiger partial charge is 0.183 e. The van der Waals surface area contributed by atoms with Crippen LogP contribution in [0.25, 0.3) is 15.8 Å². The fourth-order valence-electron chi connectivity index (χ4n) is 3.07. The zero-order valence-corrected chi connectivity index (χ0v) is 16.3.